The van der Waals surface area contributed by atoms with Gasteiger partial charge in [0.15, 0.2) is 0 Å². The second-order valence-electron chi connectivity index (χ2n) is 0.500. The van der Waals surface area contributed by atoms with Crippen molar-refractivity contribution in [1.82, 2.24) is 0 Å². The average Bonchev–Trinajstić information content (AvgIpc) is 1.25. The van der Waals surface area contributed by atoms with Gasteiger partial charge in [-0.2, -0.15) is 0 Å². The molecule has 0 atom stereocenters. The van der Waals surface area contributed by atoms with E-state index in [2.05, 4.69) is 0 Å². The molecule has 10 heavy (non-hydrogen) atoms. The van der Waals surface area contributed by atoms with Crippen LogP contribution in [0.1, 0.15) is 0 Å². The van der Waals surface area contributed by atoms with Gasteiger partial charge < -0.3 is 30.0 Å². The predicted octanol–water partition coefficient (Wildman–Crippen LogP) is -7.89. The van der Waals surface area contributed by atoms with Crippen molar-refractivity contribution in [1.29, 1.82) is 0 Å². The molecule has 0 aliphatic rings. The number of hydrogen-bond acceptors (Lipinski definition) is 6. The Hall–Kier alpha value is 1.12. The summed E-state index contributed by atoms with van der Waals surface area (Å²) >= 11 is 0. The first kappa shape index (κ1) is 22.5. The van der Waals surface area contributed by atoms with Crippen molar-refractivity contribution in [2.75, 3.05) is 0 Å². The summed E-state index contributed by atoms with van der Waals surface area (Å²) < 4.78 is 0. The number of carbonyl (C=O) groups is 2. The Kier molecular flexibility index (Phi) is 37.3. The first-order valence-electron chi connectivity index (χ1n) is 1.22. The Bertz CT molecular complexity index is 73.7. The van der Waals surface area contributed by atoms with Crippen LogP contribution in [0.5, 0.6) is 0 Å². The second kappa shape index (κ2) is 16.6. The average molecular weight is 295 g/mol. The van der Waals surface area contributed by atoms with Crippen molar-refractivity contribution in [2.45, 2.75) is 0 Å². The maximum atomic E-state index is 8.33. The molecule has 0 saturated carbocycles. The van der Waals surface area contributed by atoms with Gasteiger partial charge in [0.2, 0.25) is 0 Å². The summed E-state index contributed by atoms with van der Waals surface area (Å²) in [4.78, 5) is 16.7. The third-order valence-electron chi connectivity index (χ3n) is 0. The van der Waals surface area contributed by atoms with E-state index in [0.717, 1.165) is 0 Å². The van der Waals surface area contributed by atoms with Gasteiger partial charge in [-0.3, -0.25) is 0 Å². The van der Waals surface area contributed by atoms with Gasteiger partial charge in [0, 0.05) is 0 Å². The Morgan fingerprint density at radius 1 is 0.800 bits per heavy atom. The number of hydrogen-bond donors (Lipinski definition) is 0. The zero-order valence-electron chi connectivity index (χ0n) is 4.83. The number of carbonyl (C=O) groups excluding carboxylic acids is 2. The standard InChI is InChI=1S/2CH2O3.Eu.Na/c2*2-1(3)4;;/h2*(H2,2,3,4);;/q;;+3;+1/p-4. The topological polar surface area (TPSA) is 126 Å². The second-order valence-corrected chi connectivity index (χ2v) is 0.500. The summed E-state index contributed by atoms with van der Waals surface area (Å²) in [5, 5.41) is 33.3. The fourth-order valence-corrected chi connectivity index (χ4v) is 0. The zero-order valence-corrected chi connectivity index (χ0v) is 9.25. The molecule has 0 aliphatic heterocycles. The Morgan fingerprint density at radius 2 is 0.800 bits per heavy atom. The van der Waals surface area contributed by atoms with E-state index in [1.54, 1.807) is 0 Å². The molecule has 0 N–H and O–H groups in total. The van der Waals surface area contributed by atoms with Crippen molar-refractivity contribution in [3.8, 4) is 0 Å². The van der Waals surface area contributed by atoms with Gasteiger partial charge in [-0.15, -0.1) is 0 Å². The summed E-state index contributed by atoms with van der Waals surface area (Å²) in [6.07, 6.45) is -4.67. The van der Waals surface area contributed by atoms with Gasteiger partial charge in [0.25, 0.3) is 0 Å². The molecular weight excluding hydrogens is 295 g/mol. The largest absolute Gasteiger partial charge is 3.00 e. The monoisotopic (exact) mass is 296 g/mol. The van der Waals surface area contributed by atoms with E-state index >= 15 is 0 Å². The van der Waals surface area contributed by atoms with Crippen LogP contribution in [0.25, 0.3) is 0 Å². The third-order valence-corrected chi connectivity index (χ3v) is 0. The minimum atomic E-state index is -2.33. The van der Waals surface area contributed by atoms with E-state index in [9.17, 15) is 0 Å². The normalized spacial score (nSPS) is 4.80. The van der Waals surface area contributed by atoms with Crippen molar-refractivity contribution in [2.24, 2.45) is 0 Å². The van der Waals surface area contributed by atoms with Crippen molar-refractivity contribution < 1.29 is 109 Å². The summed E-state index contributed by atoms with van der Waals surface area (Å²) in [6, 6.07) is 0. The molecule has 0 bridgehead atoms. The molecule has 0 aromatic heterocycles. The predicted molar refractivity (Wildman–Crippen MR) is 10.8 cm³/mol. The molecule has 0 spiro atoms. The summed E-state index contributed by atoms with van der Waals surface area (Å²) in [6.45, 7) is 0. The Morgan fingerprint density at radius 3 is 0.800 bits per heavy atom. The molecule has 0 fully saturated rings. The van der Waals surface area contributed by atoms with Gasteiger partial charge in [-0.1, -0.05) is 0 Å². The molecule has 0 unspecified atom stereocenters. The van der Waals surface area contributed by atoms with E-state index in [1.807, 2.05) is 0 Å². The number of carboxylic acid groups (broad SMARTS) is 4. The van der Waals surface area contributed by atoms with Crippen LogP contribution in [0.4, 0.5) is 9.59 Å². The van der Waals surface area contributed by atoms with Crippen LogP contribution in [0.3, 0.4) is 0 Å². The first-order chi connectivity index (χ1) is 3.46. The summed E-state index contributed by atoms with van der Waals surface area (Å²) in [7, 11) is 0. The number of rotatable bonds is 0. The van der Waals surface area contributed by atoms with Gasteiger partial charge in [-0.05, 0) is 12.3 Å². The Labute approximate surface area is 119 Å². The molecule has 0 aliphatic carbocycles. The Balaban J connectivity index is -0.0000000300. The van der Waals surface area contributed by atoms with Crippen LogP contribution >= 0.6 is 0 Å². The molecule has 0 aromatic carbocycles. The van der Waals surface area contributed by atoms with Crippen LogP contribution in [0, 0.1) is 49.4 Å². The minimum absolute atomic E-state index is 0. The maximum absolute atomic E-state index is 8.33. The van der Waals surface area contributed by atoms with E-state index in [1.165, 1.54) is 0 Å². The molecule has 0 rings (SSSR count). The fraction of sp³-hybridized carbons (Fsp3) is 0. The summed E-state index contributed by atoms with van der Waals surface area (Å²) in [5.41, 5.74) is 0. The molecule has 0 heterocycles. The zero-order chi connectivity index (χ0) is 7.15. The maximum Gasteiger partial charge on any atom is 3.00 e. The van der Waals surface area contributed by atoms with Gasteiger partial charge in [0.05, 0.1) is 0 Å². The SMILES string of the molecule is O=C([O-])[O-].O=C([O-])[O-].[Eu+3].[Na+]. The smallest absolute Gasteiger partial charge is 0.652 e. The molecule has 0 amide bonds. The molecule has 0 radical (unpaired) electrons. The fourth-order valence-electron chi connectivity index (χ4n) is 0. The van der Waals surface area contributed by atoms with Crippen LogP contribution in [0.15, 0.2) is 0 Å². The van der Waals surface area contributed by atoms with Crippen LogP contribution in [0.2, 0.25) is 0 Å². The van der Waals surface area contributed by atoms with Crippen LogP contribution in [-0.2, 0) is 0 Å². The quantitative estimate of drug-likeness (QED) is 0.408. The molecule has 8 heteroatoms. The molecule has 0 saturated heterocycles. The first-order valence-corrected chi connectivity index (χ1v) is 1.22. The van der Waals surface area contributed by atoms with Gasteiger partial charge >= 0.3 is 78.9 Å². The molecule has 6 nitrogen and oxygen atoms in total. The van der Waals surface area contributed by atoms with Crippen LogP contribution in [-0.4, -0.2) is 12.3 Å². The molecule has 52 valence electrons. The van der Waals surface area contributed by atoms with E-state index in [0.29, 0.717) is 0 Å². The van der Waals surface area contributed by atoms with E-state index in [-0.39, 0.29) is 78.9 Å². The van der Waals surface area contributed by atoms with E-state index in [4.69, 9.17) is 30.0 Å². The molecular formula is C2EuNaO6. The minimum Gasteiger partial charge on any atom is -0.652 e. The van der Waals surface area contributed by atoms with Gasteiger partial charge in [0.1, 0.15) is 0 Å². The van der Waals surface area contributed by atoms with Crippen molar-refractivity contribution in [3.05, 3.63) is 0 Å². The van der Waals surface area contributed by atoms with Crippen molar-refractivity contribution in [3.63, 3.8) is 0 Å². The van der Waals surface area contributed by atoms with Crippen molar-refractivity contribution >= 4 is 12.3 Å². The molecule has 0 aromatic rings. The van der Waals surface area contributed by atoms with Gasteiger partial charge in [-0.25, -0.2) is 0 Å². The summed E-state index contributed by atoms with van der Waals surface area (Å²) in [5.74, 6) is 0. The third kappa shape index (κ3) is 476. The van der Waals surface area contributed by atoms with E-state index < -0.39 is 12.3 Å². The van der Waals surface area contributed by atoms with Crippen LogP contribution < -0.4 is 50.0 Å².